The van der Waals surface area contributed by atoms with Gasteiger partial charge < -0.3 is 14.2 Å². The number of carbonyl (C=O) groups excluding carboxylic acids is 2. The number of rotatable bonds is 7. The Morgan fingerprint density at radius 1 is 1.00 bits per heavy atom. The van der Waals surface area contributed by atoms with E-state index in [1.807, 2.05) is 13.0 Å². The molecule has 0 radical (unpaired) electrons. The number of benzene rings is 2. The van der Waals surface area contributed by atoms with Gasteiger partial charge in [-0.1, -0.05) is 0 Å². The molecule has 0 aliphatic heterocycles. The van der Waals surface area contributed by atoms with Crippen molar-refractivity contribution < 1.29 is 23.8 Å². The molecule has 2 amide bonds. The molecule has 1 unspecified atom stereocenters. The molecule has 0 saturated heterocycles. The molecule has 3 aromatic rings. The van der Waals surface area contributed by atoms with Gasteiger partial charge in [-0.3, -0.25) is 25.4 Å². The first-order valence-electron chi connectivity index (χ1n) is 9.86. The van der Waals surface area contributed by atoms with Crippen molar-refractivity contribution in [1.82, 2.24) is 15.8 Å². The first-order valence-corrected chi connectivity index (χ1v) is 9.86. The Morgan fingerprint density at radius 3 is 2.35 bits per heavy atom. The molecule has 1 atom stereocenters. The van der Waals surface area contributed by atoms with Gasteiger partial charge in [0, 0.05) is 11.5 Å². The minimum absolute atomic E-state index is 0.359. The van der Waals surface area contributed by atoms with Gasteiger partial charge in [-0.05, 0) is 63.2 Å². The minimum atomic E-state index is -0.818. The summed E-state index contributed by atoms with van der Waals surface area (Å²) in [7, 11) is 1.58. The van der Waals surface area contributed by atoms with Crippen LogP contribution in [-0.4, -0.2) is 36.6 Å². The van der Waals surface area contributed by atoms with Crippen molar-refractivity contribution in [3.05, 3.63) is 59.8 Å². The van der Waals surface area contributed by atoms with Gasteiger partial charge in [0.15, 0.2) is 6.10 Å². The minimum Gasteiger partial charge on any atom is -0.497 e. The number of fused-ring (bicyclic) bond motifs is 1. The Balaban J connectivity index is 1.60. The SMILES string of the molecule is CCOc1ccc(OC(C)C(=O)NNC(=O)c2cc3ccc(OC)cc3nc2C)cc1. The van der Waals surface area contributed by atoms with E-state index in [-0.39, 0.29) is 0 Å². The molecular weight excluding hydrogens is 398 g/mol. The Hall–Kier alpha value is -3.81. The molecule has 31 heavy (non-hydrogen) atoms. The van der Waals surface area contributed by atoms with E-state index in [0.29, 0.717) is 29.4 Å². The summed E-state index contributed by atoms with van der Waals surface area (Å²) in [5, 5.41) is 0.787. The third-order valence-corrected chi connectivity index (χ3v) is 4.58. The van der Waals surface area contributed by atoms with E-state index in [1.165, 1.54) is 0 Å². The number of carbonyl (C=O) groups is 2. The molecule has 1 aromatic heterocycles. The molecule has 0 aliphatic carbocycles. The van der Waals surface area contributed by atoms with E-state index in [2.05, 4.69) is 15.8 Å². The lowest BCUT2D eigenvalue weighted by atomic mass is 10.1. The van der Waals surface area contributed by atoms with Crippen molar-refractivity contribution >= 4 is 22.7 Å². The predicted octanol–water partition coefficient (Wildman–Crippen LogP) is 3.18. The molecule has 1 heterocycles. The summed E-state index contributed by atoms with van der Waals surface area (Å²) >= 11 is 0. The van der Waals surface area contributed by atoms with Crippen LogP contribution in [0.25, 0.3) is 10.9 Å². The highest BCUT2D eigenvalue weighted by Crippen LogP contribution is 2.22. The van der Waals surface area contributed by atoms with Crippen molar-refractivity contribution in [2.24, 2.45) is 0 Å². The maximum atomic E-state index is 12.6. The van der Waals surface area contributed by atoms with Crippen LogP contribution >= 0.6 is 0 Å². The quantitative estimate of drug-likeness (QED) is 0.567. The lowest BCUT2D eigenvalue weighted by molar-refractivity contribution is -0.128. The standard InChI is InChI=1S/C23H25N3O5/c1-5-30-17-8-10-18(11-9-17)31-15(3)22(27)25-26-23(28)20-12-16-6-7-19(29-4)13-21(16)24-14(20)2/h6-13,15H,5H2,1-4H3,(H,25,27)(H,26,28). The summed E-state index contributed by atoms with van der Waals surface area (Å²) < 4.78 is 16.2. The van der Waals surface area contributed by atoms with Crippen LogP contribution in [0.15, 0.2) is 48.5 Å². The average Bonchev–Trinajstić information content (AvgIpc) is 2.77. The van der Waals surface area contributed by atoms with Gasteiger partial charge in [0.05, 0.1) is 30.5 Å². The summed E-state index contributed by atoms with van der Waals surface area (Å²) in [5.41, 5.74) is 6.42. The van der Waals surface area contributed by atoms with E-state index < -0.39 is 17.9 Å². The van der Waals surface area contributed by atoms with Crippen molar-refractivity contribution in [1.29, 1.82) is 0 Å². The number of aromatic nitrogens is 1. The molecule has 0 bridgehead atoms. The maximum Gasteiger partial charge on any atom is 0.279 e. The highest BCUT2D eigenvalue weighted by Gasteiger charge is 2.17. The van der Waals surface area contributed by atoms with Crippen LogP contribution in [0, 0.1) is 6.92 Å². The summed E-state index contributed by atoms with van der Waals surface area (Å²) in [5.74, 6) is 0.965. The van der Waals surface area contributed by atoms with E-state index >= 15 is 0 Å². The summed E-state index contributed by atoms with van der Waals surface area (Å²) in [6.45, 7) is 5.79. The fraction of sp³-hybridized carbons (Fsp3) is 0.261. The lowest BCUT2D eigenvalue weighted by Crippen LogP contribution is -2.47. The normalized spacial score (nSPS) is 11.5. The molecule has 8 heteroatoms. The molecule has 2 aromatic carbocycles. The van der Waals surface area contributed by atoms with Crippen LogP contribution in [0.5, 0.6) is 17.2 Å². The third kappa shape index (κ3) is 5.42. The van der Waals surface area contributed by atoms with Crippen LogP contribution in [0.2, 0.25) is 0 Å². The van der Waals surface area contributed by atoms with E-state index in [0.717, 1.165) is 16.7 Å². The third-order valence-electron chi connectivity index (χ3n) is 4.58. The second kappa shape index (κ2) is 9.80. The van der Waals surface area contributed by atoms with Crippen LogP contribution in [0.3, 0.4) is 0 Å². The average molecular weight is 423 g/mol. The fourth-order valence-electron chi connectivity index (χ4n) is 2.93. The first kappa shape index (κ1) is 21.9. The zero-order valence-electron chi connectivity index (χ0n) is 17.9. The summed E-state index contributed by atoms with van der Waals surface area (Å²) in [4.78, 5) is 29.3. The van der Waals surface area contributed by atoms with Gasteiger partial charge in [-0.15, -0.1) is 0 Å². The predicted molar refractivity (Wildman–Crippen MR) is 116 cm³/mol. The van der Waals surface area contributed by atoms with Crippen molar-refractivity contribution in [2.75, 3.05) is 13.7 Å². The Labute approximate surface area is 180 Å². The maximum absolute atomic E-state index is 12.6. The lowest BCUT2D eigenvalue weighted by Gasteiger charge is -2.16. The zero-order valence-corrected chi connectivity index (χ0v) is 17.9. The summed E-state index contributed by atoms with van der Waals surface area (Å²) in [6.07, 6.45) is -0.818. The van der Waals surface area contributed by atoms with E-state index in [1.54, 1.807) is 63.4 Å². The highest BCUT2D eigenvalue weighted by atomic mass is 16.5. The number of hydrazine groups is 1. The molecule has 162 valence electrons. The largest absolute Gasteiger partial charge is 0.497 e. The number of methoxy groups -OCH3 is 1. The number of hydrogen-bond donors (Lipinski definition) is 2. The molecule has 2 N–H and O–H groups in total. The van der Waals surface area contributed by atoms with Gasteiger partial charge >= 0.3 is 0 Å². The van der Waals surface area contributed by atoms with Gasteiger partial charge in [0.1, 0.15) is 17.2 Å². The van der Waals surface area contributed by atoms with Crippen LogP contribution in [0.4, 0.5) is 0 Å². The van der Waals surface area contributed by atoms with Crippen molar-refractivity contribution in [3.8, 4) is 17.2 Å². The molecule has 0 fully saturated rings. The molecule has 0 aliphatic rings. The number of amides is 2. The second-order valence-corrected chi connectivity index (χ2v) is 6.79. The second-order valence-electron chi connectivity index (χ2n) is 6.79. The molecular formula is C23H25N3O5. The van der Waals surface area contributed by atoms with Crippen LogP contribution < -0.4 is 25.1 Å². The van der Waals surface area contributed by atoms with Crippen molar-refractivity contribution in [3.63, 3.8) is 0 Å². The number of nitrogens with zero attached hydrogens (tertiary/aromatic N) is 1. The number of aryl methyl sites for hydroxylation is 1. The molecule has 8 nitrogen and oxygen atoms in total. The van der Waals surface area contributed by atoms with Gasteiger partial charge in [0.25, 0.3) is 11.8 Å². The van der Waals surface area contributed by atoms with Gasteiger partial charge in [-0.2, -0.15) is 0 Å². The topological polar surface area (TPSA) is 98.8 Å². The Morgan fingerprint density at radius 2 is 1.68 bits per heavy atom. The van der Waals surface area contributed by atoms with E-state index in [4.69, 9.17) is 14.2 Å². The van der Waals surface area contributed by atoms with E-state index in [9.17, 15) is 9.59 Å². The first-order chi connectivity index (χ1) is 14.9. The number of ether oxygens (including phenoxy) is 3. The van der Waals surface area contributed by atoms with Crippen LogP contribution in [-0.2, 0) is 4.79 Å². The van der Waals surface area contributed by atoms with Crippen LogP contribution in [0.1, 0.15) is 29.9 Å². The smallest absolute Gasteiger partial charge is 0.279 e. The number of hydrogen-bond acceptors (Lipinski definition) is 6. The van der Waals surface area contributed by atoms with Gasteiger partial charge in [0.2, 0.25) is 0 Å². The highest BCUT2D eigenvalue weighted by molar-refractivity contribution is 5.99. The van der Waals surface area contributed by atoms with Crippen molar-refractivity contribution in [2.45, 2.75) is 26.9 Å². The zero-order chi connectivity index (χ0) is 22.4. The molecule has 0 spiro atoms. The Kier molecular flexibility index (Phi) is 6.92. The number of pyridine rings is 1. The summed E-state index contributed by atoms with van der Waals surface area (Å²) in [6, 6.07) is 14.1. The molecule has 3 rings (SSSR count). The van der Waals surface area contributed by atoms with Gasteiger partial charge in [-0.25, -0.2) is 0 Å². The number of nitrogens with one attached hydrogen (secondary N) is 2. The fourth-order valence-corrected chi connectivity index (χ4v) is 2.93. The Bertz CT molecular complexity index is 1080. The monoisotopic (exact) mass is 423 g/mol. The molecule has 0 saturated carbocycles.